The maximum Gasteiger partial charge on any atom is 0.107 e. The molecule has 0 N–H and O–H groups in total. The van der Waals surface area contributed by atoms with Crippen molar-refractivity contribution in [1.29, 1.82) is 0 Å². The minimum absolute atomic E-state index is 0.0520. The van der Waals surface area contributed by atoms with Crippen molar-refractivity contribution >= 4 is 0 Å². The Labute approximate surface area is 89.4 Å². The molecule has 1 aliphatic rings. The summed E-state index contributed by atoms with van der Waals surface area (Å²) < 4.78 is 5.71. The number of nitrogens with zero attached hydrogens (tertiary/aromatic N) is 1. The minimum Gasteiger partial charge on any atom is -0.373 e. The highest BCUT2D eigenvalue weighted by molar-refractivity contribution is 5.15. The first kappa shape index (κ1) is 10.3. The zero-order valence-electron chi connectivity index (χ0n) is 8.63. The Kier molecular flexibility index (Phi) is 3.45. The summed E-state index contributed by atoms with van der Waals surface area (Å²) in [4.78, 5) is 10.1. The average molecular weight is 205 g/mol. The Morgan fingerprint density at radius 3 is 2.67 bits per heavy atom. The molecule has 0 bridgehead atoms. The van der Waals surface area contributed by atoms with Crippen LogP contribution in [0, 0.1) is 4.91 Å². The number of ether oxygens (including phenoxy) is 1. The van der Waals surface area contributed by atoms with Crippen molar-refractivity contribution in [1.82, 2.24) is 0 Å². The van der Waals surface area contributed by atoms with Crippen molar-refractivity contribution in [2.24, 2.45) is 5.18 Å². The van der Waals surface area contributed by atoms with Crippen LogP contribution in [-0.2, 0) is 11.2 Å². The largest absolute Gasteiger partial charge is 0.373 e. The third kappa shape index (κ3) is 2.86. The van der Waals surface area contributed by atoms with Crippen LogP contribution in [0.3, 0.4) is 0 Å². The summed E-state index contributed by atoms with van der Waals surface area (Å²) in [5, 5.41) is 2.88. The molecule has 1 heterocycles. The van der Waals surface area contributed by atoms with E-state index in [1.165, 1.54) is 5.56 Å². The maximum atomic E-state index is 10.1. The number of benzene rings is 1. The second-order valence-corrected chi connectivity index (χ2v) is 3.96. The van der Waals surface area contributed by atoms with Crippen molar-refractivity contribution < 1.29 is 4.74 Å². The van der Waals surface area contributed by atoms with Crippen LogP contribution in [0.25, 0.3) is 0 Å². The van der Waals surface area contributed by atoms with Gasteiger partial charge in [0.05, 0.1) is 12.2 Å². The molecule has 1 saturated heterocycles. The summed E-state index contributed by atoms with van der Waals surface area (Å²) in [7, 11) is 0. The first-order valence-corrected chi connectivity index (χ1v) is 5.37. The number of nitroso groups, excluding NO2 is 1. The molecule has 3 heteroatoms. The van der Waals surface area contributed by atoms with Gasteiger partial charge in [-0.25, -0.2) is 0 Å². The lowest BCUT2D eigenvalue weighted by Gasteiger charge is -2.11. The molecular formula is C12H15NO2. The van der Waals surface area contributed by atoms with Crippen LogP contribution in [0.4, 0.5) is 0 Å². The summed E-state index contributed by atoms with van der Waals surface area (Å²) in [6.07, 6.45) is 3.25. The highest BCUT2D eigenvalue weighted by Gasteiger charge is 2.25. The molecule has 1 aliphatic heterocycles. The summed E-state index contributed by atoms with van der Waals surface area (Å²) in [5.74, 6) is 0. The Morgan fingerprint density at radius 1 is 1.20 bits per heavy atom. The third-order valence-electron chi connectivity index (χ3n) is 2.78. The predicted octanol–water partition coefficient (Wildman–Crippen LogP) is 2.54. The molecule has 15 heavy (non-hydrogen) atoms. The van der Waals surface area contributed by atoms with Gasteiger partial charge in [0.25, 0.3) is 0 Å². The van der Waals surface area contributed by atoms with Crippen molar-refractivity contribution in [2.75, 3.05) is 6.54 Å². The van der Waals surface area contributed by atoms with Gasteiger partial charge < -0.3 is 4.74 Å². The van der Waals surface area contributed by atoms with Gasteiger partial charge in [0.1, 0.15) is 6.54 Å². The second kappa shape index (κ2) is 5.03. The van der Waals surface area contributed by atoms with Gasteiger partial charge in [-0.05, 0) is 24.8 Å². The van der Waals surface area contributed by atoms with E-state index in [-0.39, 0.29) is 12.2 Å². The average Bonchev–Trinajstić information content (AvgIpc) is 2.68. The van der Waals surface area contributed by atoms with E-state index in [9.17, 15) is 4.91 Å². The lowest BCUT2D eigenvalue weighted by molar-refractivity contribution is 0.0509. The molecule has 1 aromatic rings. The molecule has 2 atom stereocenters. The topological polar surface area (TPSA) is 38.7 Å². The fourth-order valence-electron chi connectivity index (χ4n) is 2.02. The molecule has 2 rings (SSSR count). The summed E-state index contributed by atoms with van der Waals surface area (Å²) in [6, 6.07) is 10.3. The fourth-order valence-corrected chi connectivity index (χ4v) is 2.02. The van der Waals surface area contributed by atoms with Gasteiger partial charge in [-0.3, -0.25) is 0 Å². The van der Waals surface area contributed by atoms with Crippen LogP contribution in [0.15, 0.2) is 35.5 Å². The highest BCUT2D eigenvalue weighted by atomic mass is 16.5. The molecular weight excluding hydrogens is 190 g/mol. The van der Waals surface area contributed by atoms with E-state index in [4.69, 9.17) is 4.74 Å². The molecule has 1 fully saturated rings. The van der Waals surface area contributed by atoms with Crippen molar-refractivity contribution in [3.05, 3.63) is 40.8 Å². The zero-order valence-corrected chi connectivity index (χ0v) is 8.63. The Hall–Kier alpha value is -1.22. The molecule has 0 radical (unpaired) electrons. The minimum atomic E-state index is 0.0520. The van der Waals surface area contributed by atoms with Gasteiger partial charge in [0.2, 0.25) is 0 Å². The van der Waals surface area contributed by atoms with E-state index in [1.807, 2.05) is 18.2 Å². The van der Waals surface area contributed by atoms with Gasteiger partial charge in [0.15, 0.2) is 0 Å². The predicted molar refractivity (Wildman–Crippen MR) is 58.7 cm³/mol. The molecule has 1 aromatic carbocycles. The number of rotatable bonds is 4. The Morgan fingerprint density at radius 2 is 1.93 bits per heavy atom. The quantitative estimate of drug-likeness (QED) is 0.708. The summed E-state index contributed by atoms with van der Waals surface area (Å²) in [5.41, 5.74) is 1.29. The normalized spacial score (nSPS) is 25.3. The van der Waals surface area contributed by atoms with E-state index in [0.29, 0.717) is 6.54 Å². The van der Waals surface area contributed by atoms with Gasteiger partial charge in [-0.1, -0.05) is 35.5 Å². The molecule has 0 amide bonds. The summed E-state index contributed by atoms with van der Waals surface area (Å²) >= 11 is 0. The molecule has 3 nitrogen and oxygen atoms in total. The number of hydrogen-bond donors (Lipinski definition) is 0. The number of hydrogen-bond acceptors (Lipinski definition) is 3. The summed E-state index contributed by atoms with van der Waals surface area (Å²) in [6.45, 7) is 0.297. The van der Waals surface area contributed by atoms with E-state index in [1.54, 1.807) is 0 Å². The zero-order chi connectivity index (χ0) is 10.5. The molecule has 0 unspecified atom stereocenters. The van der Waals surface area contributed by atoms with Gasteiger partial charge in [0, 0.05) is 0 Å². The SMILES string of the molecule is O=NC[C@@H]1CC[C@H](Cc2ccccc2)O1. The highest BCUT2D eigenvalue weighted by Crippen LogP contribution is 2.22. The van der Waals surface area contributed by atoms with Crippen molar-refractivity contribution in [2.45, 2.75) is 31.5 Å². The van der Waals surface area contributed by atoms with Gasteiger partial charge >= 0.3 is 0 Å². The second-order valence-electron chi connectivity index (χ2n) is 3.96. The van der Waals surface area contributed by atoms with Crippen LogP contribution in [0.5, 0.6) is 0 Å². The van der Waals surface area contributed by atoms with Crippen LogP contribution in [0.1, 0.15) is 18.4 Å². The molecule has 0 aliphatic carbocycles. The van der Waals surface area contributed by atoms with Crippen LogP contribution in [-0.4, -0.2) is 18.8 Å². The first-order valence-electron chi connectivity index (χ1n) is 5.37. The van der Waals surface area contributed by atoms with E-state index < -0.39 is 0 Å². The van der Waals surface area contributed by atoms with Crippen LogP contribution < -0.4 is 0 Å². The maximum absolute atomic E-state index is 10.1. The molecule has 0 aromatic heterocycles. The molecule has 0 spiro atoms. The fraction of sp³-hybridized carbons (Fsp3) is 0.500. The van der Waals surface area contributed by atoms with Gasteiger partial charge in [-0.15, -0.1) is 0 Å². The lowest BCUT2D eigenvalue weighted by Crippen LogP contribution is -2.15. The van der Waals surface area contributed by atoms with Crippen molar-refractivity contribution in [3.63, 3.8) is 0 Å². The first-order chi connectivity index (χ1) is 7.38. The Bertz CT molecular complexity index is 313. The smallest absolute Gasteiger partial charge is 0.107 e. The van der Waals surface area contributed by atoms with Gasteiger partial charge in [-0.2, -0.15) is 4.91 Å². The van der Waals surface area contributed by atoms with Crippen LogP contribution in [0.2, 0.25) is 0 Å². The van der Waals surface area contributed by atoms with E-state index >= 15 is 0 Å². The lowest BCUT2D eigenvalue weighted by atomic mass is 10.1. The van der Waals surface area contributed by atoms with E-state index in [0.717, 1.165) is 19.3 Å². The molecule has 80 valence electrons. The van der Waals surface area contributed by atoms with Crippen LogP contribution >= 0.6 is 0 Å². The molecule has 0 saturated carbocycles. The standard InChI is InChI=1S/C12H15NO2/c14-13-9-12-7-6-11(15-12)8-10-4-2-1-3-5-10/h1-5,11-12H,6-9H2/t11-,12+/m1/s1. The third-order valence-corrected chi connectivity index (χ3v) is 2.78. The van der Waals surface area contributed by atoms with E-state index in [2.05, 4.69) is 17.3 Å². The Balaban J connectivity index is 1.85. The van der Waals surface area contributed by atoms with Crippen molar-refractivity contribution in [3.8, 4) is 0 Å². The monoisotopic (exact) mass is 205 g/mol.